The minimum Gasteiger partial charge on any atom is -0.487 e. The van der Waals surface area contributed by atoms with E-state index in [0.29, 0.717) is 43.7 Å². The summed E-state index contributed by atoms with van der Waals surface area (Å²) in [6.45, 7) is 7.55. The Labute approximate surface area is 211 Å². The number of piperidine rings is 1. The molecule has 1 amide bonds. The number of halogens is 2. The van der Waals surface area contributed by atoms with Crippen molar-refractivity contribution in [2.24, 2.45) is 5.41 Å². The predicted octanol–water partition coefficient (Wildman–Crippen LogP) is 5.52. The number of hydrogen-bond acceptors (Lipinski definition) is 5. The van der Waals surface area contributed by atoms with Crippen LogP contribution in [-0.2, 0) is 26.7 Å². The third-order valence-corrected chi connectivity index (χ3v) is 7.49. The Hall–Kier alpha value is -2.68. The number of ether oxygens (including phenoxy) is 2. The Bertz CT molecular complexity index is 1240. The fraction of sp³-hybridized carbons (Fsp3) is 0.519. The third kappa shape index (κ3) is 6.17. The molecule has 1 fully saturated rings. The van der Waals surface area contributed by atoms with Crippen LogP contribution in [-0.4, -0.2) is 51.0 Å². The maximum atomic E-state index is 14.5. The lowest BCUT2D eigenvalue weighted by Gasteiger charge is -2.44. The largest absolute Gasteiger partial charge is 0.487 e. The molecule has 2 aromatic rings. The minimum atomic E-state index is -3.57. The summed E-state index contributed by atoms with van der Waals surface area (Å²) in [6, 6.07) is 7.78. The summed E-state index contributed by atoms with van der Waals surface area (Å²) < 4.78 is 63.9. The number of likely N-dealkylation sites (tertiary alicyclic amines) is 1. The lowest BCUT2D eigenvalue weighted by Crippen LogP contribution is -2.51. The van der Waals surface area contributed by atoms with Gasteiger partial charge < -0.3 is 14.4 Å². The van der Waals surface area contributed by atoms with E-state index >= 15 is 0 Å². The van der Waals surface area contributed by atoms with E-state index in [9.17, 15) is 22.0 Å². The van der Waals surface area contributed by atoms with Crippen molar-refractivity contribution in [3.63, 3.8) is 0 Å². The number of rotatable bonds is 4. The van der Waals surface area contributed by atoms with Gasteiger partial charge in [-0.15, -0.1) is 0 Å². The topological polar surface area (TPSA) is 72.9 Å². The Morgan fingerprint density at radius 1 is 1.06 bits per heavy atom. The second-order valence-corrected chi connectivity index (χ2v) is 13.3. The van der Waals surface area contributed by atoms with Crippen LogP contribution in [0, 0.1) is 17.0 Å². The molecule has 9 heteroatoms. The lowest BCUT2D eigenvalue weighted by molar-refractivity contribution is -0.0171. The van der Waals surface area contributed by atoms with Gasteiger partial charge in [0.2, 0.25) is 0 Å². The van der Waals surface area contributed by atoms with Gasteiger partial charge in [-0.25, -0.2) is 22.0 Å². The monoisotopic (exact) mass is 521 g/mol. The second kappa shape index (κ2) is 9.65. The molecule has 1 saturated heterocycles. The summed E-state index contributed by atoms with van der Waals surface area (Å²) in [5, 5.41) is 0. The van der Waals surface area contributed by atoms with Gasteiger partial charge in [-0.05, 0) is 59.2 Å². The van der Waals surface area contributed by atoms with E-state index in [0.717, 1.165) is 30.4 Å². The molecule has 0 aromatic heterocycles. The summed E-state index contributed by atoms with van der Waals surface area (Å²) in [5.41, 5.74) is 1.04. The second-order valence-electron chi connectivity index (χ2n) is 11.2. The molecule has 1 spiro atoms. The molecule has 2 aliphatic heterocycles. The van der Waals surface area contributed by atoms with Gasteiger partial charge in [0.1, 0.15) is 23.0 Å². The van der Waals surface area contributed by atoms with Crippen molar-refractivity contribution in [2.45, 2.75) is 57.8 Å². The van der Waals surface area contributed by atoms with Crippen LogP contribution in [0.4, 0.5) is 13.6 Å². The van der Waals surface area contributed by atoms with E-state index in [1.54, 1.807) is 11.0 Å². The van der Waals surface area contributed by atoms with Crippen molar-refractivity contribution in [2.75, 3.05) is 26.0 Å². The SMILES string of the molecule is CC(C)(C)COC(=O)N1CCC2(CCc3cc(-c4cc(F)c(CS(C)(=O)=O)c(F)c4)ccc3O2)CC1. The van der Waals surface area contributed by atoms with Crippen molar-refractivity contribution in [3.8, 4) is 16.9 Å². The normalized spacial score (nSPS) is 17.4. The van der Waals surface area contributed by atoms with Crippen LogP contribution in [0.1, 0.15) is 51.2 Å². The van der Waals surface area contributed by atoms with Gasteiger partial charge in [0.15, 0.2) is 9.84 Å². The van der Waals surface area contributed by atoms with Crippen molar-refractivity contribution < 1.29 is 31.5 Å². The number of carbonyl (C=O) groups is 1. The highest BCUT2D eigenvalue weighted by Gasteiger charge is 2.41. The number of hydrogen-bond donors (Lipinski definition) is 0. The number of sulfone groups is 1. The van der Waals surface area contributed by atoms with Gasteiger partial charge in [-0.3, -0.25) is 0 Å². The first-order chi connectivity index (χ1) is 16.7. The van der Waals surface area contributed by atoms with Gasteiger partial charge in [0.25, 0.3) is 0 Å². The maximum Gasteiger partial charge on any atom is 0.409 e. The molecule has 36 heavy (non-hydrogen) atoms. The van der Waals surface area contributed by atoms with Gasteiger partial charge in [0, 0.05) is 37.8 Å². The number of benzene rings is 2. The van der Waals surface area contributed by atoms with Crippen LogP contribution < -0.4 is 4.74 Å². The van der Waals surface area contributed by atoms with Crippen molar-refractivity contribution in [3.05, 3.63) is 53.1 Å². The molecule has 2 aliphatic rings. The third-order valence-electron chi connectivity index (χ3n) is 6.68. The van der Waals surface area contributed by atoms with Crippen LogP contribution >= 0.6 is 0 Å². The van der Waals surface area contributed by atoms with E-state index < -0.39 is 32.8 Å². The molecule has 196 valence electrons. The van der Waals surface area contributed by atoms with Crippen LogP contribution in [0.2, 0.25) is 0 Å². The summed E-state index contributed by atoms with van der Waals surface area (Å²) in [5.74, 6) is -1.70. The Kier molecular flexibility index (Phi) is 7.07. The molecule has 0 atom stereocenters. The Balaban J connectivity index is 1.44. The van der Waals surface area contributed by atoms with E-state index in [1.165, 1.54) is 12.1 Å². The summed E-state index contributed by atoms with van der Waals surface area (Å²) >= 11 is 0. The van der Waals surface area contributed by atoms with Gasteiger partial charge >= 0.3 is 6.09 Å². The fourth-order valence-electron chi connectivity index (χ4n) is 4.69. The predicted molar refractivity (Wildman–Crippen MR) is 134 cm³/mol. The minimum absolute atomic E-state index is 0.0859. The molecule has 2 heterocycles. The quantitative estimate of drug-likeness (QED) is 0.530. The average Bonchev–Trinajstić information content (AvgIpc) is 2.79. The van der Waals surface area contributed by atoms with Gasteiger partial charge in [-0.1, -0.05) is 26.8 Å². The smallest absolute Gasteiger partial charge is 0.409 e. The van der Waals surface area contributed by atoms with E-state index in [4.69, 9.17) is 9.47 Å². The zero-order valence-corrected chi connectivity index (χ0v) is 22.0. The lowest BCUT2D eigenvalue weighted by atomic mass is 9.82. The molecular formula is C27H33F2NO5S. The highest BCUT2D eigenvalue weighted by Crippen LogP contribution is 2.41. The molecule has 0 aliphatic carbocycles. The van der Waals surface area contributed by atoms with E-state index in [-0.39, 0.29) is 17.1 Å². The number of carbonyl (C=O) groups excluding carboxylic acids is 1. The number of fused-ring (bicyclic) bond motifs is 1. The zero-order valence-electron chi connectivity index (χ0n) is 21.2. The van der Waals surface area contributed by atoms with Crippen molar-refractivity contribution in [1.29, 1.82) is 0 Å². The first-order valence-corrected chi connectivity index (χ1v) is 14.2. The standard InChI is InChI=1S/C27H33F2NO5S/c1-26(2,3)17-34-25(31)30-11-9-27(10-12-30)8-7-19-13-18(5-6-24(19)35-27)20-14-22(28)21(23(29)15-20)16-36(4,32)33/h5-6,13-15H,7-12,16-17H2,1-4H3. The average molecular weight is 522 g/mol. The van der Waals surface area contributed by atoms with E-state index in [1.807, 2.05) is 32.9 Å². The van der Waals surface area contributed by atoms with Crippen molar-refractivity contribution in [1.82, 2.24) is 4.90 Å². The Morgan fingerprint density at radius 3 is 2.28 bits per heavy atom. The summed E-state index contributed by atoms with van der Waals surface area (Å²) in [6.07, 6.45) is 3.59. The molecule has 6 nitrogen and oxygen atoms in total. The van der Waals surface area contributed by atoms with Crippen LogP contribution in [0.15, 0.2) is 30.3 Å². The number of aryl methyl sites for hydroxylation is 1. The molecule has 0 unspecified atom stereocenters. The molecule has 4 rings (SSSR count). The van der Waals surface area contributed by atoms with Gasteiger partial charge in [-0.2, -0.15) is 0 Å². The van der Waals surface area contributed by atoms with Crippen LogP contribution in [0.25, 0.3) is 11.1 Å². The van der Waals surface area contributed by atoms with E-state index in [2.05, 4.69) is 0 Å². The zero-order chi connectivity index (χ0) is 26.3. The summed E-state index contributed by atoms with van der Waals surface area (Å²) in [7, 11) is -3.57. The maximum absolute atomic E-state index is 14.5. The highest BCUT2D eigenvalue weighted by atomic mass is 32.2. The number of amides is 1. The Morgan fingerprint density at radius 2 is 1.69 bits per heavy atom. The molecule has 0 bridgehead atoms. The molecular weight excluding hydrogens is 488 g/mol. The van der Waals surface area contributed by atoms with Crippen molar-refractivity contribution >= 4 is 15.9 Å². The first kappa shape index (κ1) is 26.4. The number of nitrogens with zero attached hydrogens (tertiary/aromatic N) is 1. The van der Waals surface area contributed by atoms with Gasteiger partial charge in [0.05, 0.1) is 12.4 Å². The molecule has 2 aromatic carbocycles. The van der Waals surface area contributed by atoms with Crippen LogP contribution in [0.3, 0.4) is 0 Å². The summed E-state index contributed by atoms with van der Waals surface area (Å²) in [4.78, 5) is 14.1. The molecule has 0 N–H and O–H groups in total. The molecule has 0 radical (unpaired) electrons. The fourth-order valence-corrected chi connectivity index (χ4v) is 5.49. The highest BCUT2D eigenvalue weighted by molar-refractivity contribution is 7.89. The molecule has 0 saturated carbocycles. The first-order valence-electron chi connectivity index (χ1n) is 12.1. The van der Waals surface area contributed by atoms with Crippen LogP contribution in [0.5, 0.6) is 5.75 Å².